The zero-order chi connectivity index (χ0) is 32.6. The maximum absolute atomic E-state index is 14.6. The van der Waals surface area contributed by atoms with Crippen LogP contribution in [-0.4, -0.2) is 95.4 Å². The highest BCUT2D eigenvalue weighted by Gasteiger charge is 2.50. The van der Waals surface area contributed by atoms with Crippen molar-refractivity contribution in [2.24, 2.45) is 5.92 Å². The third-order valence-electron chi connectivity index (χ3n) is 11.7. The fraction of sp³-hybridized carbons (Fsp3) is 0.526. The van der Waals surface area contributed by atoms with E-state index in [1.54, 1.807) is 4.90 Å². The van der Waals surface area contributed by atoms with Gasteiger partial charge in [-0.1, -0.05) is 24.8 Å². The Labute approximate surface area is 280 Å². The molecule has 1 aromatic heterocycles. The third kappa shape index (κ3) is 5.01. The highest BCUT2D eigenvalue weighted by atomic mass is 19.1. The maximum Gasteiger partial charge on any atom is 0.319 e. The Balaban J connectivity index is 1.16. The molecule has 1 amide bonds. The van der Waals surface area contributed by atoms with E-state index in [2.05, 4.69) is 51.6 Å². The van der Waals surface area contributed by atoms with Crippen LogP contribution in [0.1, 0.15) is 55.6 Å². The number of alkyl halides is 1. The number of aromatic nitrogens is 2. The van der Waals surface area contributed by atoms with Crippen LogP contribution in [0.25, 0.3) is 26.9 Å². The number of hydrogen-bond acceptors (Lipinski definition) is 7. The number of carbonyl (C=O) groups excluding carboxylic acids is 1. The SMILES string of the molecule is [C-]#[N+]C[C@H]1CN(c2nc(OC[C@@]34CCCN3C[C@H](F)C4)nc3c(OC4CC4)c(-c4cccc5c4C[C@H]4C[C@@H]54)ccc23)CCN1C(=O)C=C. The molecule has 0 spiro atoms. The summed E-state index contributed by atoms with van der Waals surface area (Å²) in [4.78, 5) is 32.6. The first-order chi connectivity index (χ1) is 23.4. The van der Waals surface area contributed by atoms with Crippen LogP contribution in [0.15, 0.2) is 43.0 Å². The lowest BCUT2D eigenvalue weighted by Crippen LogP contribution is -2.56. The number of amides is 1. The molecule has 3 aliphatic carbocycles. The molecule has 0 radical (unpaired) electrons. The summed E-state index contributed by atoms with van der Waals surface area (Å²) in [6.07, 6.45) is 7.41. The predicted molar refractivity (Wildman–Crippen MR) is 181 cm³/mol. The number of piperazine rings is 1. The lowest BCUT2D eigenvalue weighted by molar-refractivity contribution is -0.128. The van der Waals surface area contributed by atoms with Gasteiger partial charge in [0, 0.05) is 43.5 Å². The summed E-state index contributed by atoms with van der Waals surface area (Å²) in [6.45, 7) is 14.6. The highest BCUT2D eigenvalue weighted by Crippen LogP contribution is 2.58. The van der Waals surface area contributed by atoms with E-state index in [9.17, 15) is 9.18 Å². The Kier molecular flexibility index (Phi) is 7.12. The van der Waals surface area contributed by atoms with Crippen molar-refractivity contribution in [1.82, 2.24) is 19.8 Å². The van der Waals surface area contributed by atoms with Crippen LogP contribution in [0.2, 0.25) is 0 Å². The van der Waals surface area contributed by atoms with Crippen molar-refractivity contribution in [3.05, 3.63) is 65.5 Å². The number of rotatable bonds is 9. The maximum atomic E-state index is 14.6. The Morgan fingerprint density at radius 2 is 2.04 bits per heavy atom. The molecule has 0 N–H and O–H groups in total. The number of hydrogen-bond donors (Lipinski definition) is 0. The van der Waals surface area contributed by atoms with Crippen LogP contribution in [0, 0.1) is 12.5 Å². The molecule has 48 heavy (non-hydrogen) atoms. The minimum Gasteiger partial charge on any atom is -0.487 e. The first-order valence-electron chi connectivity index (χ1n) is 17.6. The Morgan fingerprint density at radius 3 is 2.88 bits per heavy atom. The van der Waals surface area contributed by atoms with Gasteiger partial charge in [-0.2, -0.15) is 9.97 Å². The summed E-state index contributed by atoms with van der Waals surface area (Å²) in [5.74, 6) is 2.75. The van der Waals surface area contributed by atoms with Crippen molar-refractivity contribution in [2.45, 2.75) is 74.7 Å². The highest BCUT2D eigenvalue weighted by molar-refractivity contribution is 5.99. The van der Waals surface area contributed by atoms with Crippen molar-refractivity contribution in [2.75, 3.05) is 50.8 Å². The fourth-order valence-electron chi connectivity index (χ4n) is 9.04. The monoisotopic (exact) mass is 648 g/mol. The number of halogens is 1. The second-order valence-corrected chi connectivity index (χ2v) is 14.7. The molecular formula is C38H41FN6O3. The van der Waals surface area contributed by atoms with E-state index in [0.29, 0.717) is 56.5 Å². The average Bonchev–Trinajstić information content (AvgIpc) is 3.97. The van der Waals surface area contributed by atoms with Crippen LogP contribution >= 0.6 is 0 Å². The van der Waals surface area contributed by atoms with Crippen LogP contribution < -0.4 is 14.4 Å². The second-order valence-electron chi connectivity index (χ2n) is 14.7. The Bertz CT molecular complexity index is 1860. The zero-order valence-electron chi connectivity index (χ0n) is 27.2. The molecule has 5 atom stereocenters. The minimum atomic E-state index is -0.851. The second kappa shape index (κ2) is 11.4. The van der Waals surface area contributed by atoms with Gasteiger partial charge in [-0.05, 0) is 91.8 Å². The molecule has 10 heteroatoms. The molecule has 2 saturated carbocycles. The van der Waals surface area contributed by atoms with E-state index in [-0.39, 0.29) is 36.1 Å². The van der Waals surface area contributed by atoms with E-state index >= 15 is 0 Å². The molecule has 3 aliphatic heterocycles. The van der Waals surface area contributed by atoms with Crippen molar-refractivity contribution in [1.29, 1.82) is 0 Å². The molecule has 2 aromatic carbocycles. The van der Waals surface area contributed by atoms with Gasteiger partial charge in [0.05, 0.1) is 11.6 Å². The fourth-order valence-corrected chi connectivity index (χ4v) is 9.04. The first-order valence-corrected chi connectivity index (χ1v) is 17.6. The number of ether oxygens (including phenoxy) is 2. The third-order valence-corrected chi connectivity index (χ3v) is 11.7. The molecule has 9 rings (SSSR count). The number of benzene rings is 2. The van der Waals surface area contributed by atoms with Crippen molar-refractivity contribution >= 4 is 22.6 Å². The molecule has 0 bridgehead atoms. The number of carbonyl (C=O) groups is 1. The number of anilines is 1. The largest absolute Gasteiger partial charge is 0.487 e. The lowest BCUT2D eigenvalue weighted by Gasteiger charge is -2.39. The molecule has 248 valence electrons. The number of fused-ring (bicyclic) bond motifs is 5. The van der Waals surface area contributed by atoms with E-state index in [1.807, 2.05) is 0 Å². The molecule has 3 aromatic rings. The molecule has 5 fully saturated rings. The molecular weight excluding hydrogens is 607 g/mol. The quantitative estimate of drug-likeness (QED) is 0.222. The molecule has 4 heterocycles. The van der Waals surface area contributed by atoms with Gasteiger partial charge in [0.1, 0.15) is 30.2 Å². The summed E-state index contributed by atoms with van der Waals surface area (Å²) >= 11 is 0. The molecule has 9 nitrogen and oxygen atoms in total. The van der Waals surface area contributed by atoms with Gasteiger partial charge in [-0.15, -0.1) is 0 Å². The summed E-state index contributed by atoms with van der Waals surface area (Å²) in [7, 11) is 0. The normalized spacial score (nSPS) is 28.9. The van der Waals surface area contributed by atoms with Crippen LogP contribution in [-0.2, 0) is 11.2 Å². The van der Waals surface area contributed by atoms with E-state index < -0.39 is 6.17 Å². The van der Waals surface area contributed by atoms with Crippen molar-refractivity contribution in [3.63, 3.8) is 0 Å². The minimum absolute atomic E-state index is 0.143. The predicted octanol–water partition coefficient (Wildman–Crippen LogP) is 5.58. The Morgan fingerprint density at radius 1 is 1.15 bits per heavy atom. The van der Waals surface area contributed by atoms with E-state index in [0.717, 1.165) is 61.3 Å². The average molecular weight is 649 g/mol. The molecule has 0 unspecified atom stereocenters. The zero-order valence-corrected chi connectivity index (χ0v) is 27.2. The van der Waals surface area contributed by atoms with Gasteiger partial charge < -0.3 is 24.1 Å². The van der Waals surface area contributed by atoms with Gasteiger partial charge in [-0.25, -0.2) is 11.0 Å². The van der Waals surface area contributed by atoms with Gasteiger partial charge in [0.25, 0.3) is 0 Å². The summed E-state index contributed by atoms with van der Waals surface area (Å²) < 4.78 is 27.9. The van der Waals surface area contributed by atoms with Gasteiger partial charge in [-0.3, -0.25) is 9.69 Å². The summed E-state index contributed by atoms with van der Waals surface area (Å²) in [5, 5.41) is 0.854. The van der Waals surface area contributed by atoms with Gasteiger partial charge in [0.2, 0.25) is 12.5 Å². The van der Waals surface area contributed by atoms with Gasteiger partial charge >= 0.3 is 6.01 Å². The molecule has 3 saturated heterocycles. The summed E-state index contributed by atoms with van der Waals surface area (Å²) in [5.41, 5.74) is 5.54. The van der Waals surface area contributed by atoms with Crippen LogP contribution in [0.3, 0.4) is 0 Å². The van der Waals surface area contributed by atoms with E-state index in [1.165, 1.54) is 29.2 Å². The smallest absolute Gasteiger partial charge is 0.319 e. The molecule has 6 aliphatic rings. The van der Waals surface area contributed by atoms with E-state index in [4.69, 9.17) is 26.0 Å². The van der Waals surface area contributed by atoms with Crippen molar-refractivity contribution < 1.29 is 18.7 Å². The first kappa shape index (κ1) is 29.9. The Hall–Kier alpha value is -4.23. The van der Waals surface area contributed by atoms with Gasteiger partial charge in [0.15, 0.2) is 5.75 Å². The summed E-state index contributed by atoms with van der Waals surface area (Å²) in [6, 6.07) is 10.9. The van der Waals surface area contributed by atoms with Crippen LogP contribution in [0.4, 0.5) is 10.2 Å². The standard InChI is InChI=1S/C38H41FN6O3/c1-3-33(46)45-15-14-43(21-25(45)19-40-2)36-30-11-10-29(27-6-4-7-28-31-16-23(31)17-32(27)28)35(48-26-8-9-26)34(30)41-37(42-36)47-22-38-12-5-13-44(38)20-24(39)18-38/h3-4,6-7,10-11,23-26,31H,1,5,8-9,12-22H2/t23-,24-,25+,31-,38+/m1/s1. The topological polar surface area (TPSA) is 75.4 Å². The van der Waals surface area contributed by atoms with Crippen molar-refractivity contribution in [3.8, 4) is 22.9 Å². The van der Waals surface area contributed by atoms with Crippen LogP contribution in [0.5, 0.6) is 11.8 Å². The number of nitrogens with zero attached hydrogens (tertiary/aromatic N) is 6. The lowest BCUT2D eigenvalue weighted by atomic mass is 9.93.